The lowest BCUT2D eigenvalue weighted by Gasteiger charge is -2.19. The lowest BCUT2D eigenvalue weighted by molar-refractivity contribution is -0.338. The fourth-order valence-electron chi connectivity index (χ4n) is 0.492. The smallest absolute Gasteiger partial charge is 0.246 e. The van der Waals surface area contributed by atoms with E-state index in [-0.39, 0.29) is 0 Å². The maximum atomic E-state index is 4.69. The van der Waals surface area contributed by atoms with Crippen molar-refractivity contribution in [2.75, 3.05) is 21.3 Å². The van der Waals surface area contributed by atoms with Crippen molar-refractivity contribution in [2.45, 2.75) is 0 Å². The molecule has 0 amide bonds. The van der Waals surface area contributed by atoms with Crippen LogP contribution in [0.25, 0.3) is 0 Å². The molecule has 6 nitrogen and oxygen atoms in total. The summed E-state index contributed by atoms with van der Waals surface area (Å²) >= 11 is 0. The van der Waals surface area contributed by atoms with Gasteiger partial charge in [0.2, 0.25) is 0 Å². The van der Waals surface area contributed by atoms with Crippen LogP contribution in [0.15, 0.2) is 12.3 Å². The van der Waals surface area contributed by atoms with Crippen LogP contribution < -0.4 is 0 Å². The van der Waals surface area contributed by atoms with E-state index < -0.39 is 8.80 Å². The highest BCUT2D eigenvalue weighted by Gasteiger charge is 2.43. The minimum absolute atomic E-state index is 1.30. The van der Waals surface area contributed by atoms with E-state index in [1.165, 1.54) is 27.0 Å². The predicted octanol–water partition coefficient (Wildman–Crippen LogP) is 0.384. The quantitative estimate of drug-likeness (QED) is 0.333. The van der Waals surface area contributed by atoms with E-state index in [9.17, 15) is 0 Å². The summed E-state index contributed by atoms with van der Waals surface area (Å²) in [6.45, 7) is 3.44. The normalized spacial score (nSPS) is 11.6. The average Bonchev–Trinajstić information content (AvgIpc) is 2.06. The van der Waals surface area contributed by atoms with E-state index in [4.69, 9.17) is 0 Å². The second kappa shape index (κ2) is 6.26. The van der Waals surface area contributed by atoms with Crippen molar-refractivity contribution < 1.29 is 28.4 Å². The molecule has 0 radical (unpaired) electrons. The minimum Gasteiger partial charge on any atom is -0.246 e. The Morgan fingerprint density at radius 3 is 1.42 bits per heavy atom. The Morgan fingerprint density at radius 1 is 0.917 bits per heavy atom. The van der Waals surface area contributed by atoms with Gasteiger partial charge in [-0.2, -0.15) is 0 Å². The first-order chi connectivity index (χ1) is 5.74. The molecule has 12 heavy (non-hydrogen) atoms. The van der Waals surface area contributed by atoms with Crippen LogP contribution in [0.5, 0.6) is 0 Å². The van der Waals surface area contributed by atoms with Crippen molar-refractivity contribution in [2.24, 2.45) is 0 Å². The molecular formula is C5H12O6Si. The van der Waals surface area contributed by atoms with Gasteiger partial charge < -0.3 is 0 Å². The highest BCUT2D eigenvalue weighted by molar-refractivity contribution is 6.65. The molecule has 0 bridgehead atoms. The van der Waals surface area contributed by atoms with Gasteiger partial charge in [-0.05, 0) is 5.70 Å². The van der Waals surface area contributed by atoms with Crippen molar-refractivity contribution in [3.8, 4) is 0 Å². The largest absolute Gasteiger partial charge is 0.612 e. The van der Waals surface area contributed by atoms with Gasteiger partial charge in [0.1, 0.15) is 0 Å². The van der Waals surface area contributed by atoms with Crippen molar-refractivity contribution in [3.05, 3.63) is 12.3 Å². The van der Waals surface area contributed by atoms with Crippen molar-refractivity contribution in [1.82, 2.24) is 0 Å². The lowest BCUT2D eigenvalue weighted by atomic mass is 11.3. The maximum Gasteiger partial charge on any atom is 0.612 e. The summed E-state index contributed by atoms with van der Waals surface area (Å²) in [5.41, 5.74) is 1.30. The Kier molecular flexibility index (Phi) is 6.11. The Balaban J connectivity index is 4.16. The average molecular weight is 196 g/mol. The molecule has 0 fully saturated rings. The van der Waals surface area contributed by atoms with Crippen LogP contribution in [-0.4, -0.2) is 30.1 Å². The molecule has 0 aromatic carbocycles. The molecule has 0 N–H and O–H groups in total. The van der Waals surface area contributed by atoms with Crippen LogP contribution in [0.4, 0.5) is 0 Å². The summed E-state index contributed by atoms with van der Waals surface area (Å²) in [7, 11) is 0.754. The van der Waals surface area contributed by atoms with E-state index >= 15 is 0 Å². The molecule has 0 aliphatic heterocycles. The lowest BCUT2D eigenvalue weighted by Crippen LogP contribution is -2.43. The number of hydrogen-bond acceptors (Lipinski definition) is 6. The summed E-state index contributed by atoms with van der Waals surface area (Å²) in [6.07, 6.45) is 0. The highest BCUT2D eigenvalue weighted by atomic mass is 28.4. The first-order valence-corrected chi connectivity index (χ1v) is 4.84. The zero-order valence-corrected chi connectivity index (χ0v) is 8.23. The predicted molar refractivity (Wildman–Crippen MR) is 40.2 cm³/mol. The molecule has 0 heterocycles. The van der Waals surface area contributed by atoms with Crippen LogP contribution >= 0.6 is 0 Å². The van der Waals surface area contributed by atoms with Crippen LogP contribution in [0.1, 0.15) is 0 Å². The van der Waals surface area contributed by atoms with Crippen LogP contribution in [0, 0.1) is 0 Å². The Hall–Kier alpha value is -0.283. The van der Waals surface area contributed by atoms with Crippen LogP contribution in [0.3, 0.4) is 0 Å². The van der Waals surface area contributed by atoms with Gasteiger partial charge >= 0.3 is 8.80 Å². The fourth-order valence-corrected chi connectivity index (χ4v) is 1.48. The first-order valence-electron chi connectivity index (χ1n) is 3.03. The van der Waals surface area contributed by atoms with Gasteiger partial charge in [-0.3, -0.25) is 0 Å². The van der Waals surface area contributed by atoms with Gasteiger partial charge in [0.15, 0.2) is 0 Å². The fraction of sp³-hybridized carbons (Fsp3) is 0.600. The van der Waals surface area contributed by atoms with Crippen molar-refractivity contribution in [1.29, 1.82) is 0 Å². The van der Waals surface area contributed by atoms with Crippen molar-refractivity contribution in [3.63, 3.8) is 0 Å². The molecule has 0 saturated carbocycles. The SMILES string of the molecule is C=C[Si](OOC)(OOC)OOC. The second-order valence-corrected chi connectivity index (χ2v) is 3.67. The van der Waals surface area contributed by atoms with Crippen molar-refractivity contribution >= 4 is 8.80 Å². The third-order valence-electron chi connectivity index (χ3n) is 0.848. The van der Waals surface area contributed by atoms with Crippen LogP contribution in [0.2, 0.25) is 0 Å². The third-order valence-corrected chi connectivity index (χ3v) is 2.55. The third kappa shape index (κ3) is 3.41. The van der Waals surface area contributed by atoms with Gasteiger partial charge in [0, 0.05) is 0 Å². The van der Waals surface area contributed by atoms with E-state index in [0.717, 1.165) is 0 Å². The molecule has 72 valence electrons. The molecule has 0 unspecified atom stereocenters. The summed E-state index contributed by atoms with van der Waals surface area (Å²) in [5, 5.41) is 0. The molecule has 0 atom stereocenters. The second-order valence-electron chi connectivity index (χ2n) is 1.56. The van der Waals surface area contributed by atoms with E-state index in [1.54, 1.807) is 0 Å². The molecule has 0 spiro atoms. The molecule has 0 rings (SSSR count). The van der Waals surface area contributed by atoms with Gasteiger partial charge in [-0.15, -0.1) is 0 Å². The Morgan fingerprint density at radius 2 is 1.25 bits per heavy atom. The summed E-state index contributed by atoms with van der Waals surface area (Å²) in [6, 6.07) is 0. The van der Waals surface area contributed by atoms with E-state index in [1.807, 2.05) is 0 Å². The maximum absolute atomic E-state index is 4.69. The topological polar surface area (TPSA) is 55.4 Å². The molecule has 0 aliphatic rings. The zero-order valence-electron chi connectivity index (χ0n) is 7.23. The molecule has 7 heteroatoms. The monoisotopic (exact) mass is 196 g/mol. The standard InChI is InChI=1S/C5H12O6Si/c1-5-12(9-6-2,10-7-3)11-8-4/h5H,1H2,2-4H3. The van der Waals surface area contributed by atoms with E-state index in [0.29, 0.717) is 0 Å². The van der Waals surface area contributed by atoms with Gasteiger partial charge in [-0.1, -0.05) is 6.58 Å². The van der Waals surface area contributed by atoms with Gasteiger partial charge in [0.25, 0.3) is 0 Å². The molecule has 0 aromatic heterocycles. The Labute approximate surface area is 71.7 Å². The summed E-state index contributed by atoms with van der Waals surface area (Å²) in [4.78, 5) is 13.2. The summed E-state index contributed by atoms with van der Waals surface area (Å²) < 4.78 is 14.1. The van der Waals surface area contributed by atoms with E-state index in [2.05, 4.69) is 35.0 Å². The molecular weight excluding hydrogens is 184 g/mol. The van der Waals surface area contributed by atoms with Crippen LogP contribution in [-0.2, 0) is 28.4 Å². The summed E-state index contributed by atoms with van der Waals surface area (Å²) in [5.74, 6) is 0. The number of hydrogen-bond donors (Lipinski definition) is 0. The van der Waals surface area contributed by atoms with Gasteiger partial charge in [0.05, 0.1) is 21.3 Å². The molecule has 0 aromatic rings. The molecule has 0 aliphatic carbocycles. The zero-order chi connectivity index (χ0) is 9.45. The number of rotatable bonds is 7. The molecule has 0 saturated heterocycles. The first kappa shape index (κ1) is 11.7. The minimum atomic E-state index is -3.17. The highest BCUT2D eigenvalue weighted by Crippen LogP contribution is 2.10. The van der Waals surface area contributed by atoms with Gasteiger partial charge in [-0.25, -0.2) is 28.4 Å². The Bertz CT molecular complexity index is 112.